The summed E-state index contributed by atoms with van der Waals surface area (Å²) >= 11 is 0. The zero-order chi connectivity index (χ0) is 13.1. The van der Waals surface area contributed by atoms with Crippen molar-refractivity contribution >= 4 is 16.0 Å². The van der Waals surface area contributed by atoms with Gasteiger partial charge in [-0.15, -0.1) is 0 Å². The van der Waals surface area contributed by atoms with Gasteiger partial charge in [0.15, 0.2) is 0 Å². The maximum atomic E-state index is 11.9. The molecule has 0 spiro atoms. The summed E-state index contributed by atoms with van der Waals surface area (Å²) in [6.07, 6.45) is 2.07. The summed E-state index contributed by atoms with van der Waals surface area (Å²) in [5, 5.41) is 8.47. The van der Waals surface area contributed by atoms with Crippen LogP contribution in [0.4, 0.5) is 0 Å². The van der Waals surface area contributed by atoms with Crippen molar-refractivity contribution in [3.05, 3.63) is 0 Å². The van der Waals surface area contributed by atoms with Gasteiger partial charge in [-0.05, 0) is 25.2 Å². The monoisotopic (exact) mass is 264 g/mol. The molecule has 0 aliphatic heterocycles. The van der Waals surface area contributed by atoms with E-state index in [-0.39, 0.29) is 24.6 Å². The Morgan fingerprint density at radius 1 is 1.53 bits per heavy atom. The molecule has 17 heavy (non-hydrogen) atoms. The van der Waals surface area contributed by atoms with Gasteiger partial charge < -0.3 is 10.8 Å². The van der Waals surface area contributed by atoms with Crippen molar-refractivity contribution in [2.45, 2.75) is 31.7 Å². The second-order valence-electron chi connectivity index (χ2n) is 4.47. The van der Waals surface area contributed by atoms with Crippen LogP contribution in [0.1, 0.15) is 25.7 Å². The number of nitrogens with two attached hydrogens (primary N) is 1. The third-order valence-corrected chi connectivity index (χ3v) is 5.06. The number of rotatable bonds is 8. The van der Waals surface area contributed by atoms with Crippen LogP contribution in [-0.2, 0) is 14.8 Å². The first kappa shape index (κ1) is 14.4. The number of nitrogens with zero attached hydrogens (tertiary/aromatic N) is 1. The minimum absolute atomic E-state index is 0.121. The fourth-order valence-electron chi connectivity index (χ4n) is 1.87. The van der Waals surface area contributed by atoms with Crippen LogP contribution in [0.15, 0.2) is 0 Å². The Hall–Kier alpha value is -0.660. The molecular formula is C10H20N2O4S. The number of sulfonamides is 1. The molecule has 1 aliphatic carbocycles. The Labute approximate surface area is 102 Å². The van der Waals surface area contributed by atoms with Crippen molar-refractivity contribution in [3.8, 4) is 0 Å². The van der Waals surface area contributed by atoms with Crippen LogP contribution in [0.2, 0.25) is 0 Å². The van der Waals surface area contributed by atoms with Gasteiger partial charge in [0, 0.05) is 26.1 Å². The van der Waals surface area contributed by atoms with Crippen LogP contribution in [0.25, 0.3) is 0 Å². The predicted molar refractivity (Wildman–Crippen MR) is 64.0 cm³/mol. The van der Waals surface area contributed by atoms with Gasteiger partial charge >= 0.3 is 5.97 Å². The molecular weight excluding hydrogens is 244 g/mol. The minimum Gasteiger partial charge on any atom is -0.481 e. The Balaban J connectivity index is 2.52. The van der Waals surface area contributed by atoms with Crippen LogP contribution in [0.5, 0.6) is 0 Å². The van der Waals surface area contributed by atoms with Gasteiger partial charge in [-0.25, -0.2) is 12.7 Å². The molecule has 3 N–H and O–H groups in total. The maximum Gasteiger partial charge on any atom is 0.303 e. The second kappa shape index (κ2) is 5.79. The van der Waals surface area contributed by atoms with Crippen LogP contribution in [-0.4, -0.2) is 49.2 Å². The largest absolute Gasteiger partial charge is 0.481 e. The zero-order valence-electron chi connectivity index (χ0n) is 10.0. The third kappa shape index (κ3) is 4.25. The van der Waals surface area contributed by atoms with E-state index in [9.17, 15) is 13.2 Å². The first-order chi connectivity index (χ1) is 7.88. The molecule has 0 radical (unpaired) electrons. The maximum absolute atomic E-state index is 11.9. The summed E-state index contributed by atoms with van der Waals surface area (Å²) in [5.74, 6) is -0.724. The smallest absolute Gasteiger partial charge is 0.303 e. The molecule has 100 valence electrons. The molecule has 0 aromatic heterocycles. The Morgan fingerprint density at radius 3 is 2.53 bits per heavy atom. The lowest BCUT2D eigenvalue weighted by Crippen LogP contribution is -2.44. The van der Waals surface area contributed by atoms with Gasteiger partial charge in [-0.2, -0.15) is 0 Å². The lowest BCUT2D eigenvalue weighted by atomic mass is 10.2. The summed E-state index contributed by atoms with van der Waals surface area (Å²) < 4.78 is 25.2. The summed E-state index contributed by atoms with van der Waals surface area (Å²) in [5.41, 5.74) is 5.59. The summed E-state index contributed by atoms with van der Waals surface area (Å²) in [7, 11) is -1.85. The minimum atomic E-state index is -3.38. The van der Waals surface area contributed by atoms with E-state index in [2.05, 4.69) is 0 Å². The lowest BCUT2D eigenvalue weighted by Gasteiger charge is -2.26. The first-order valence-electron chi connectivity index (χ1n) is 5.76. The topological polar surface area (TPSA) is 101 Å². The second-order valence-corrected chi connectivity index (χ2v) is 6.62. The van der Waals surface area contributed by atoms with E-state index < -0.39 is 16.0 Å². The van der Waals surface area contributed by atoms with E-state index in [1.165, 1.54) is 11.4 Å². The molecule has 0 amide bonds. The summed E-state index contributed by atoms with van der Waals surface area (Å²) in [6.45, 7) is 0.319. The molecule has 0 bridgehead atoms. The third-order valence-electron chi connectivity index (χ3n) is 3.11. The van der Waals surface area contributed by atoms with Crippen molar-refractivity contribution < 1.29 is 18.3 Å². The van der Waals surface area contributed by atoms with E-state index in [1.54, 1.807) is 0 Å². The van der Waals surface area contributed by atoms with Crippen LogP contribution < -0.4 is 5.73 Å². The zero-order valence-corrected chi connectivity index (χ0v) is 10.8. The SMILES string of the molecule is CN(C(CN)C1CC1)S(=O)(=O)CCCC(=O)O. The van der Waals surface area contributed by atoms with Crippen LogP contribution >= 0.6 is 0 Å². The van der Waals surface area contributed by atoms with Crippen molar-refractivity contribution in [2.75, 3.05) is 19.3 Å². The molecule has 0 saturated heterocycles. The molecule has 7 heteroatoms. The molecule has 1 aliphatic rings. The Kier molecular flexibility index (Phi) is 4.91. The molecule has 0 heterocycles. The molecule has 1 saturated carbocycles. The molecule has 1 atom stereocenters. The van der Waals surface area contributed by atoms with Crippen LogP contribution in [0.3, 0.4) is 0 Å². The van der Waals surface area contributed by atoms with Gasteiger partial charge in [0.1, 0.15) is 0 Å². The lowest BCUT2D eigenvalue weighted by molar-refractivity contribution is -0.137. The number of hydrogen-bond donors (Lipinski definition) is 2. The molecule has 1 unspecified atom stereocenters. The number of likely N-dealkylation sites (N-methyl/N-ethyl adjacent to an activating group) is 1. The Morgan fingerprint density at radius 2 is 2.12 bits per heavy atom. The highest BCUT2D eigenvalue weighted by Gasteiger charge is 2.37. The van der Waals surface area contributed by atoms with Gasteiger partial charge in [-0.3, -0.25) is 4.79 Å². The first-order valence-corrected chi connectivity index (χ1v) is 7.37. The van der Waals surface area contributed by atoms with Crippen molar-refractivity contribution in [1.82, 2.24) is 4.31 Å². The average Bonchev–Trinajstić information content (AvgIpc) is 3.02. The highest BCUT2D eigenvalue weighted by Crippen LogP contribution is 2.35. The number of hydrogen-bond acceptors (Lipinski definition) is 4. The summed E-state index contributed by atoms with van der Waals surface area (Å²) in [6, 6.07) is -0.134. The molecule has 1 fully saturated rings. The normalized spacial score (nSPS) is 18.3. The van der Waals surface area contributed by atoms with Gasteiger partial charge in [0.05, 0.1) is 5.75 Å². The number of carboxylic acids is 1. The fraction of sp³-hybridized carbons (Fsp3) is 0.900. The number of carboxylic acid groups (broad SMARTS) is 1. The highest BCUT2D eigenvalue weighted by atomic mass is 32.2. The van der Waals surface area contributed by atoms with Gasteiger partial charge in [0.2, 0.25) is 10.0 Å². The van der Waals surface area contributed by atoms with Gasteiger partial charge in [-0.1, -0.05) is 0 Å². The van der Waals surface area contributed by atoms with Crippen molar-refractivity contribution in [2.24, 2.45) is 11.7 Å². The van der Waals surface area contributed by atoms with E-state index >= 15 is 0 Å². The van der Waals surface area contributed by atoms with E-state index in [0.717, 1.165) is 12.8 Å². The molecule has 1 rings (SSSR count). The van der Waals surface area contributed by atoms with E-state index in [0.29, 0.717) is 12.5 Å². The van der Waals surface area contributed by atoms with Gasteiger partial charge in [0.25, 0.3) is 0 Å². The van der Waals surface area contributed by atoms with Crippen molar-refractivity contribution in [1.29, 1.82) is 0 Å². The predicted octanol–water partition coefficient (Wildman–Crippen LogP) is -0.150. The number of carbonyl (C=O) groups is 1. The average molecular weight is 264 g/mol. The highest BCUT2D eigenvalue weighted by molar-refractivity contribution is 7.89. The van der Waals surface area contributed by atoms with E-state index in [4.69, 9.17) is 10.8 Å². The molecule has 0 aromatic rings. The van der Waals surface area contributed by atoms with Crippen molar-refractivity contribution in [3.63, 3.8) is 0 Å². The quantitative estimate of drug-likeness (QED) is 0.635. The van der Waals surface area contributed by atoms with E-state index in [1.807, 2.05) is 0 Å². The fourth-order valence-corrected chi connectivity index (χ4v) is 3.34. The summed E-state index contributed by atoms with van der Waals surface area (Å²) in [4.78, 5) is 10.3. The molecule has 6 nitrogen and oxygen atoms in total. The van der Waals surface area contributed by atoms with Crippen LogP contribution in [0, 0.1) is 5.92 Å². The molecule has 0 aromatic carbocycles. The standard InChI is InChI=1S/C10H20N2O4S/c1-12(9(7-11)8-4-5-8)17(15,16)6-2-3-10(13)14/h8-9H,2-7,11H2,1H3,(H,13,14). The Bertz CT molecular complexity index is 365. The number of aliphatic carboxylic acids is 1.